The second kappa shape index (κ2) is 18.3. The highest BCUT2D eigenvalue weighted by Gasteiger charge is 2.23. The van der Waals surface area contributed by atoms with Crippen molar-refractivity contribution in [3.8, 4) is 0 Å². The summed E-state index contributed by atoms with van der Waals surface area (Å²) in [5.74, 6) is -0.405. The van der Waals surface area contributed by atoms with Crippen LogP contribution in [0.4, 0.5) is 0 Å². The first kappa shape index (κ1) is 28.5. The lowest BCUT2D eigenvalue weighted by molar-refractivity contribution is -0.147. The molecule has 0 heterocycles. The van der Waals surface area contributed by atoms with Gasteiger partial charge in [0.2, 0.25) is 0 Å². The summed E-state index contributed by atoms with van der Waals surface area (Å²) < 4.78 is 25.5. The number of phosphoric acid groups is 1. The topological polar surface area (TPSA) is 123 Å². The predicted octanol–water partition coefficient (Wildman–Crippen LogP) is 4.11. The molecule has 0 bridgehead atoms. The fraction of sp³-hybridized carbons (Fsp3) is 0.950. The second-order valence-corrected chi connectivity index (χ2v) is 8.98. The van der Waals surface area contributed by atoms with Crippen molar-refractivity contribution in [2.45, 2.75) is 103 Å². The van der Waals surface area contributed by atoms with Gasteiger partial charge in [0, 0.05) is 6.42 Å². The van der Waals surface area contributed by atoms with Crippen molar-refractivity contribution in [2.75, 3.05) is 19.8 Å². The highest BCUT2D eigenvalue weighted by atomic mass is 31.2. The molecule has 3 atom stereocenters. The molecule has 0 aliphatic heterocycles. The molecule has 0 amide bonds. The number of phosphoric ester groups is 1. The SMILES string of the molecule is CCCCCCCCCCCCCC(=O)OC[C@@H](O)COP(=O)(O)OCC(C)O. The first-order valence-electron chi connectivity index (χ1n) is 10.9. The van der Waals surface area contributed by atoms with Gasteiger partial charge in [0.1, 0.15) is 12.7 Å². The van der Waals surface area contributed by atoms with Crippen LogP contribution in [0, 0.1) is 0 Å². The molecule has 0 saturated carbocycles. The average Bonchev–Trinajstić information content (AvgIpc) is 2.67. The Bertz CT molecular complexity index is 444. The Morgan fingerprint density at radius 2 is 1.31 bits per heavy atom. The molecule has 9 heteroatoms. The smallest absolute Gasteiger partial charge is 0.463 e. The number of aliphatic hydroxyl groups excluding tert-OH is 2. The number of hydrogen-bond acceptors (Lipinski definition) is 7. The van der Waals surface area contributed by atoms with Crippen molar-refractivity contribution in [1.29, 1.82) is 0 Å². The summed E-state index contributed by atoms with van der Waals surface area (Å²) in [6.45, 7) is 2.42. The first-order valence-corrected chi connectivity index (χ1v) is 12.4. The highest BCUT2D eigenvalue weighted by Crippen LogP contribution is 2.43. The third-order valence-corrected chi connectivity index (χ3v) is 5.28. The Hall–Kier alpha value is -0.500. The van der Waals surface area contributed by atoms with E-state index >= 15 is 0 Å². The van der Waals surface area contributed by atoms with Gasteiger partial charge in [-0.1, -0.05) is 71.1 Å². The van der Waals surface area contributed by atoms with E-state index in [9.17, 15) is 19.4 Å². The Morgan fingerprint density at radius 3 is 1.83 bits per heavy atom. The molecule has 0 rings (SSSR count). The van der Waals surface area contributed by atoms with E-state index in [0.29, 0.717) is 6.42 Å². The fourth-order valence-corrected chi connectivity index (χ4v) is 3.50. The molecule has 29 heavy (non-hydrogen) atoms. The van der Waals surface area contributed by atoms with Crippen LogP contribution in [0.2, 0.25) is 0 Å². The van der Waals surface area contributed by atoms with E-state index in [2.05, 4.69) is 16.0 Å². The van der Waals surface area contributed by atoms with E-state index in [0.717, 1.165) is 19.3 Å². The van der Waals surface area contributed by atoms with Gasteiger partial charge in [0.15, 0.2) is 0 Å². The molecule has 0 saturated heterocycles. The van der Waals surface area contributed by atoms with E-state index in [1.54, 1.807) is 0 Å². The Balaban J connectivity index is 3.56. The summed E-state index contributed by atoms with van der Waals surface area (Å²) in [5, 5.41) is 18.7. The minimum atomic E-state index is -4.35. The highest BCUT2D eigenvalue weighted by molar-refractivity contribution is 7.47. The molecule has 2 unspecified atom stereocenters. The number of rotatable bonds is 20. The molecule has 0 aliphatic carbocycles. The lowest BCUT2D eigenvalue weighted by Crippen LogP contribution is -2.23. The maximum Gasteiger partial charge on any atom is 0.472 e. The molecule has 0 aliphatic rings. The quantitative estimate of drug-likeness (QED) is 0.147. The van der Waals surface area contributed by atoms with Gasteiger partial charge in [-0.3, -0.25) is 13.8 Å². The van der Waals surface area contributed by atoms with Gasteiger partial charge < -0.3 is 19.8 Å². The normalized spacial score (nSPS) is 15.6. The van der Waals surface area contributed by atoms with Crippen LogP contribution in [0.3, 0.4) is 0 Å². The number of unbranched alkanes of at least 4 members (excludes halogenated alkanes) is 10. The van der Waals surface area contributed by atoms with Crippen molar-refractivity contribution < 1.29 is 38.3 Å². The summed E-state index contributed by atoms with van der Waals surface area (Å²) in [6, 6.07) is 0. The zero-order valence-corrected chi connectivity index (χ0v) is 19.0. The summed E-state index contributed by atoms with van der Waals surface area (Å²) in [4.78, 5) is 21.0. The van der Waals surface area contributed by atoms with Crippen LogP contribution in [-0.2, 0) is 23.1 Å². The number of carbonyl (C=O) groups excluding carboxylic acids is 1. The van der Waals surface area contributed by atoms with E-state index in [1.807, 2.05) is 0 Å². The molecule has 3 N–H and O–H groups in total. The molecule has 0 aromatic carbocycles. The zero-order chi connectivity index (χ0) is 22.0. The number of aliphatic hydroxyl groups is 2. The molecular weight excluding hydrogens is 399 g/mol. The number of ether oxygens (including phenoxy) is 1. The molecule has 0 fully saturated rings. The van der Waals surface area contributed by atoms with Gasteiger partial charge >= 0.3 is 13.8 Å². The average molecular weight is 441 g/mol. The standard InChI is InChI=1S/C20H41O8P/c1-3-4-5-6-7-8-9-10-11-12-13-14-20(23)26-16-19(22)17-28-29(24,25)27-15-18(2)21/h18-19,21-22H,3-17H2,1-2H3,(H,24,25)/t18?,19-/m1/s1. The molecular formula is C20H41O8P. The van der Waals surface area contributed by atoms with E-state index < -0.39 is 32.6 Å². The molecule has 0 spiro atoms. The monoisotopic (exact) mass is 440 g/mol. The van der Waals surface area contributed by atoms with Crippen molar-refractivity contribution in [3.63, 3.8) is 0 Å². The Kier molecular flexibility index (Phi) is 18.0. The van der Waals surface area contributed by atoms with Crippen LogP contribution in [0.5, 0.6) is 0 Å². The third-order valence-electron chi connectivity index (χ3n) is 4.33. The van der Waals surface area contributed by atoms with Gasteiger partial charge in [0.05, 0.1) is 19.3 Å². The lowest BCUT2D eigenvalue weighted by Gasteiger charge is -2.16. The van der Waals surface area contributed by atoms with Gasteiger partial charge in [0.25, 0.3) is 0 Å². The van der Waals surface area contributed by atoms with Crippen molar-refractivity contribution in [2.24, 2.45) is 0 Å². The summed E-state index contributed by atoms with van der Waals surface area (Å²) >= 11 is 0. The number of carbonyl (C=O) groups is 1. The van der Waals surface area contributed by atoms with E-state index in [-0.39, 0.29) is 13.2 Å². The predicted molar refractivity (Wildman–Crippen MR) is 111 cm³/mol. The lowest BCUT2D eigenvalue weighted by atomic mass is 10.1. The number of hydrogen-bond donors (Lipinski definition) is 3. The van der Waals surface area contributed by atoms with Crippen molar-refractivity contribution >= 4 is 13.8 Å². The summed E-state index contributed by atoms with van der Waals surface area (Å²) in [6.07, 6.45) is 11.3. The van der Waals surface area contributed by atoms with Crippen LogP contribution < -0.4 is 0 Å². The first-order chi connectivity index (χ1) is 13.8. The molecule has 174 valence electrons. The van der Waals surface area contributed by atoms with Crippen molar-refractivity contribution in [3.05, 3.63) is 0 Å². The van der Waals surface area contributed by atoms with E-state index in [1.165, 1.54) is 58.3 Å². The van der Waals surface area contributed by atoms with Gasteiger partial charge in [-0.05, 0) is 13.3 Å². The van der Waals surface area contributed by atoms with Crippen LogP contribution in [0.1, 0.15) is 90.9 Å². The fourth-order valence-electron chi connectivity index (χ4n) is 2.66. The maximum absolute atomic E-state index is 11.7. The van der Waals surface area contributed by atoms with Crippen LogP contribution in [0.25, 0.3) is 0 Å². The summed E-state index contributed by atoms with van der Waals surface area (Å²) in [5.41, 5.74) is 0. The maximum atomic E-state index is 11.7. The third kappa shape index (κ3) is 20.5. The number of esters is 1. The molecule has 0 aromatic heterocycles. The zero-order valence-electron chi connectivity index (χ0n) is 18.1. The van der Waals surface area contributed by atoms with Crippen LogP contribution >= 0.6 is 7.82 Å². The molecule has 0 aromatic rings. The molecule has 0 radical (unpaired) electrons. The van der Waals surface area contributed by atoms with Crippen LogP contribution in [-0.4, -0.2) is 53.1 Å². The van der Waals surface area contributed by atoms with Crippen molar-refractivity contribution in [1.82, 2.24) is 0 Å². The molecule has 8 nitrogen and oxygen atoms in total. The van der Waals surface area contributed by atoms with E-state index in [4.69, 9.17) is 9.84 Å². The van der Waals surface area contributed by atoms with Gasteiger partial charge in [-0.2, -0.15) is 0 Å². The van der Waals surface area contributed by atoms with Gasteiger partial charge in [-0.15, -0.1) is 0 Å². The minimum absolute atomic E-state index is 0.292. The van der Waals surface area contributed by atoms with Crippen LogP contribution in [0.15, 0.2) is 0 Å². The minimum Gasteiger partial charge on any atom is -0.463 e. The Labute approximate surface area is 175 Å². The largest absolute Gasteiger partial charge is 0.472 e. The second-order valence-electron chi connectivity index (χ2n) is 7.53. The summed E-state index contributed by atoms with van der Waals surface area (Å²) in [7, 11) is -4.35. The van der Waals surface area contributed by atoms with Gasteiger partial charge in [-0.25, -0.2) is 4.57 Å². The Morgan fingerprint density at radius 1 is 0.828 bits per heavy atom.